The molecule has 2 aromatic rings. The van der Waals surface area contributed by atoms with Crippen LogP contribution in [0.15, 0.2) is 36.0 Å². The minimum Gasteiger partial charge on any atom is -0.480 e. The molecular weight excluding hydrogens is 302 g/mol. The Kier molecular flexibility index (Phi) is 3.41. The van der Waals surface area contributed by atoms with Crippen molar-refractivity contribution in [2.45, 2.75) is 6.54 Å². The number of hydrogen-bond acceptors (Lipinski definition) is 4. The molecule has 4 amide bonds. The molecule has 1 aliphatic rings. The number of imide groups is 2. The third kappa shape index (κ3) is 2.69. The molecule has 0 bridgehead atoms. The number of fused-ring (bicyclic) bond motifs is 1. The Morgan fingerprint density at radius 3 is 2.43 bits per heavy atom. The lowest BCUT2D eigenvalue weighted by atomic mass is 10.1. The van der Waals surface area contributed by atoms with Crippen LogP contribution in [0.1, 0.15) is 5.56 Å². The summed E-state index contributed by atoms with van der Waals surface area (Å²) in [6.07, 6.45) is 2.88. The van der Waals surface area contributed by atoms with E-state index >= 15 is 0 Å². The molecule has 0 aliphatic carbocycles. The van der Waals surface area contributed by atoms with E-state index in [1.165, 1.54) is 10.6 Å². The maximum Gasteiger partial charge on any atom is 0.328 e. The van der Waals surface area contributed by atoms with Gasteiger partial charge in [0.15, 0.2) is 0 Å². The van der Waals surface area contributed by atoms with Crippen LogP contribution in [-0.4, -0.2) is 33.5 Å². The first-order valence-corrected chi connectivity index (χ1v) is 6.64. The molecule has 116 valence electrons. The quantitative estimate of drug-likeness (QED) is 0.562. The van der Waals surface area contributed by atoms with Crippen LogP contribution in [-0.2, 0) is 20.9 Å². The summed E-state index contributed by atoms with van der Waals surface area (Å²) in [7, 11) is 0. The average Bonchev–Trinajstić information content (AvgIpc) is 2.80. The number of nitrogens with zero attached hydrogens (tertiary/aromatic N) is 1. The van der Waals surface area contributed by atoms with Crippen LogP contribution in [0.4, 0.5) is 4.79 Å². The Hall–Kier alpha value is -3.42. The lowest BCUT2D eigenvalue weighted by molar-refractivity contribution is -0.137. The summed E-state index contributed by atoms with van der Waals surface area (Å²) in [6, 6.07) is 6.15. The number of carboxylic acid groups (broad SMARTS) is 1. The zero-order chi connectivity index (χ0) is 16.6. The van der Waals surface area contributed by atoms with E-state index in [-0.39, 0.29) is 12.1 Å². The molecule has 0 spiro atoms. The van der Waals surface area contributed by atoms with Gasteiger partial charge in [0.25, 0.3) is 11.8 Å². The van der Waals surface area contributed by atoms with E-state index in [0.29, 0.717) is 16.5 Å². The molecule has 1 aliphatic heterocycles. The van der Waals surface area contributed by atoms with Crippen molar-refractivity contribution >= 4 is 40.8 Å². The van der Waals surface area contributed by atoms with Gasteiger partial charge in [-0.3, -0.25) is 25.0 Å². The smallest absolute Gasteiger partial charge is 0.328 e. The fourth-order valence-corrected chi connectivity index (χ4v) is 2.43. The monoisotopic (exact) mass is 313 g/mol. The summed E-state index contributed by atoms with van der Waals surface area (Å²) in [6.45, 7) is -0.249. The Labute approximate surface area is 129 Å². The number of rotatable bonds is 3. The van der Waals surface area contributed by atoms with E-state index in [0.717, 1.165) is 0 Å². The zero-order valence-corrected chi connectivity index (χ0v) is 11.7. The van der Waals surface area contributed by atoms with E-state index in [1.807, 2.05) is 10.6 Å². The number of para-hydroxylation sites is 1. The molecule has 0 saturated carbocycles. The maximum atomic E-state index is 11.8. The van der Waals surface area contributed by atoms with E-state index in [9.17, 15) is 19.2 Å². The Balaban J connectivity index is 2.11. The fourth-order valence-electron chi connectivity index (χ4n) is 2.43. The van der Waals surface area contributed by atoms with Crippen LogP contribution in [0.2, 0.25) is 0 Å². The third-order valence-corrected chi connectivity index (χ3v) is 3.37. The molecule has 8 nitrogen and oxygen atoms in total. The molecule has 0 unspecified atom stereocenters. The molecule has 3 rings (SSSR count). The minimum absolute atomic E-state index is 0.220. The first-order chi connectivity index (χ1) is 11.0. The number of barbiturate groups is 1. The molecule has 1 aromatic heterocycles. The van der Waals surface area contributed by atoms with Crippen LogP contribution in [0.25, 0.3) is 17.0 Å². The number of nitrogens with one attached hydrogen (secondary N) is 2. The number of carbonyl (C=O) groups is 4. The van der Waals surface area contributed by atoms with E-state index in [4.69, 9.17) is 5.11 Å². The molecule has 0 radical (unpaired) electrons. The van der Waals surface area contributed by atoms with Crippen molar-refractivity contribution < 1.29 is 24.3 Å². The summed E-state index contributed by atoms with van der Waals surface area (Å²) < 4.78 is 1.51. The fraction of sp³-hybridized carbons (Fsp3) is 0.0667. The van der Waals surface area contributed by atoms with Crippen LogP contribution >= 0.6 is 0 Å². The van der Waals surface area contributed by atoms with E-state index in [2.05, 4.69) is 0 Å². The van der Waals surface area contributed by atoms with Crippen LogP contribution in [0, 0.1) is 0 Å². The second kappa shape index (κ2) is 5.41. The second-order valence-corrected chi connectivity index (χ2v) is 4.92. The van der Waals surface area contributed by atoms with Crippen molar-refractivity contribution in [3.05, 3.63) is 41.6 Å². The van der Waals surface area contributed by atoms with Gasteiger partial charge in [0, 0.05) is 22.7 Å². The topological polar surface area (TPSA) is 118 Å². The summed E-state index contributed by atoms with van der Waals surface area (Å²) in [5.41, 5.74) is 0.953. The van der Waals surface area contributed by atoms with Gasteiger partial charge < -0.3 is 9.67 Å². The maximum absolute atomic E-state index is 11.8. The van der Waals surface area contributed by atoms with Gasteiger partial charge in [-0.1, -0.05) is 18.2 Å². The van der Waals surface area contributed by atoms with Crippen molar-refractivity contribution in [1.29, 1.82) is 0 Å². The largest absolute Gasteiger partial charge is 0.480 e. The molecule has 2 heterocycles. The highest BCUT2D eigenvalue weighted by Crippen LogP contribution is 2.24. The van der Waals surface area contributed by atoms with Gasteiger partial charge >= 0.3 is 12.0 Å². The van der Waals surface area contributed by atoms with Gasteiger partial charge in [-0.2, -0.15) is 0 Å². The van der Waals surface area contributed by atoms with Gasteiger partial charge in [-0.05, 0) is 12.1 Å². The van der Waals surface area contributed by atoms with Gasteiger partial charge in [0.05, 0.1) is 0 Å². The average molecular weight is 313 g/mol. The standard InChI is InChI=1S/C15H11N3O5/c19-12(20)7-18-6-8(9-3-1-2-4-11(9)18)5-10-13(21)16-15(23)17-14(10)22/h1-6H,7H2,(H,19,20)(H2,16,17,21,22,23). The first-order valence-electron chi connectivity index (χ1n) is 6.64. The summed E-state index contributed by atoms with van der Waals surface area (Å²) in [5, 5.41) is 13.6. The number of aromatic nitrogens is 1. The number of urea groups is 1. The summed E-state index contributed by atoms with van der Waals surface area (Å²) in [5.74, 6) is -2.61. The van der Waals surface area contributed by atoms with Gasteiger partial charge in [-0.15, -0.1) is 0 Å². The molecule has 1 fully saturated rings. The molecule has 8 heteroatoms. The number of aliphatic carboxylic acids is 1. The Morgan fingerprint density at radius 1 is 1.13 bits per heavy atom. The van der Waals surface area contributed by atoms with Crippen molar-refractivity contribution in [2.75, 3.05) is 0 Å². The van der Waals surface area contributed by atoms with E-state index in [1.54, 1.807) is 30.5 Å². The molecule has 1 saturated heterocycles. The summed E-state index contributed by atoms with van der Waals surface area (Å²) >= 11 is 0. The molecule has 3 N–H and O–H groups in total. The zero-order valence-electron chi connectivity index (χ0n) is 11.7. The van der Waals surface area contributed by atoms with Crippen LogP contribution in [0.3, 0.4) is 0 Å². The highest BCUT2D eigenvalue weighted by Gasteiger charge is 2.28. The van der Waals surface area contributed by atoms with Gasteiger partial charge in [0.1, 0.15) is 12.1 Å². The SMILES string of the molecule is O=C(O)Cn1cc(C=C2C(=O)NC(=O)NC2=O)c2ccccc21. The van der Waals surface area contributed by atoms with Crippen molar-refractivity contribution in [3.8, 4) is 0 Å². The third-order valence-electron chi connectivity index (χ3n) is 3.37. The lowest BCUT2D eigenvalue weighted by Crippen LogP contribution is -2.51. The van der Waals surface area contributed by atoms with E-state index < -0.39 is 23.8 Å². The highest BCUT2D eigenvalue weighted by molar-refractivity contribution is 6.31. The molecular formula is C15H11N3O5. The summed E-state index contributed by atoms with van der Waals surface area (Å²) in [4.78, 5) is 45.6. The number of amides is 4. The molecule has 0 atom stereocenters. The number of carbonyl (C=O) groups excluding carboxylic acids is 3. The number of carboxylic acids is 1. The lowest BCUT2D eigenvalue weighted by Gasteiger charge is -2.13. The second-order valence-electron chi connectivity index (χ2n) is 4.92. The highest BCUT2D eigenvalue weighted by atomic mass is 16.4. The predicted molar refractivity (Wildman–Crippen MR) is 79.2 cm³/mol. The van der Waals surface area contributed by atoms with Gasteiger partial charge in [-0.25, -0.2) is 4.79 Å². The Bertz CT molecular complexity index is 872. The molecule has 1 aromatic carbocycles. The number of hydrogen-bond donors (Lipinski definition) is 3. The van der Waals surface area contributed by atoms with Crippen molar-refractivity contribution in [2.24, 2.45) is 0 Å². The van der Waals surface area contributed by atoms with Gasteiger partial charge in [0.2, 0.25) is 0 Å². The first kappa shape index (κ1) is 14.5. The Morgan fingerprint density at radius 2 is 1.78 bits per heavy atom. The van der Waals surface area contributed by atoms with Crippen LogP contribution in [0.5, 0.6) is 0 Å². The van der Waals surface area contributed by atoms with Crippen molar-refractivity contribution in [1.82, 2.24) is 15.2 Å². The van der Waals surface area contributed by atoms with Crippen molar-refractivity contribution in [3.63, 3.8) is 0 Å². The van der Waals surface area contributed by atoms with Crippen LogP contribution < -0.4 is 10.6 Å². The number of benzene rings is 1. The predicted octanol–water partition coefficient (Wildman–Crippen LogP) is 0.475. The molecule has 23 heavy (non-hydrogen) atoms. The normalized spacial score (nSPS) is 14.6. The minimum atomic E-state index is -1.01.